The van der Waals surface area contributed by atoms with Crippen molar-refractivity contribution in [1.29, 1.82) is 0 Å². The van der Waals surface area contributed by atoms with Crippen molar-refractivity contribution in [2.75, 3.05) is 0 Å². The van der Waals surface area contributed by atoms with Crippen molar-refractivity contribution in [1.82, 2.24) is 9.55 Å². The second kappa shape index (κ2) is 3.91. The second-order valence-corrected chi connectivity index (χ2v) is 3.78. The smallest absolute Gasteiger partial charge is 0.306 e. The number of hydrogen-bond donors (Lipinski definition) is 1. The molecule has 0 aliphatic heterocycles. The highest BCUT2D eigenvalue weighted by Gasteiger charge is 2.18. The minimum absolute atomic E-state index is 0.431. The quantitative estimate of drug-likeness (QED) is 0.596. The molecular weight excluding hydrogens is 208 g/mol. The molecule has 1 N–H and O–H groups in total. The third-order valence-corrected chi connectivity index (χ3v) is 1.86. The zero-order valence-corrected chi connectivity index (χ0v) is 8.31. The SMILES string of the molecule is C=C(C)C(OS(=O)(=O)O)n1ccnc1. The van der Waals surface area contributed by atoms with E-state index in [0.717, 1.165) is 0 Å². The van der Waals surface area contributed by atoms with Gasteiger partial charge in [-0.05, 0) is 12.5 Å². The van der Waals surface area contributed by atoms with Gasteiger partial charge < -0.3 is 4.57 Å². The summed E-state index contributed by atoms with van der Waals surface area (Å²) in [6, 6.07) is 0. The molecule has 0 aromatic carbocycles. The van der Waals surface area contributed by atoms with Crippen LogP contribution in [0, 0.1) is 0 Å². The van der Waals surface area contributed by atoms with Crippen LogP contribution >= 0.6 is 0 Å². The summed E-state index contributed by atoms with van der Waals surface area (Å²) in [7, 11) is -4.50. The molecule has 1 atom stereocenters. The third-order valence-electron chi connectivity index (χ3n) is 1.43. The van der Waals surface area contributed by atoms with Crippen molar-refractivity contribution in [2.45, 2.75) is 13.2 Å². The lowest BCUT2D eigenvalue weighted by Gasteiger charge is -2.16. The Morgan fingerprint density at radius 3 is 2.71 bits per heavy atom. The van der Waals surface area contributed by atoms with E-state index in [4.69, 9.17) is 4.55 Å². The predicted octanol–water partition coefficient (Wildman–Crippen LogP) is 0.777. The summed E-state index contributed by atoms with van der Waals surface area (Å²) in [5.41, 5.74) is 0.431. The minimum Gasteiger partial charge on any atom is -0.306 e. The number of nitrogens with zero attached hydrogens (tertiary/aromatic N) is 2. The third kappa shape index (κ3) is 2.95. The van der Waals surface area contributed by atoms with Crippen molar-refractivity contribution < 1.29 is 17.2 Å². The Balaban J connectivity index is 2.93. The van der Waals surface area contributed by atoms with E-state index in [-0.39, 0.29) is 0 Å². The number of hydrogen-bond acceptors (Lipinski definition) is 4. The van der Waals surface area contributed by atoms with Crippen LogP contribution in [0.3, 0.4) is 0 Å². The molecule has 78 valence electrons. The maximum atomic E-state index is 10.5. The van der Waals surface area contributed by atoms with Gasteiger partial charge in [-0.1, -0.05) is 6.58 Å². The number of rotatable bonds is 4. The average Bonchev–Trinajstić information content (AvgIpc) is 2.49. The molecule has 0 amide bonds. The van der Waals surface area contributed by atoms with E-state index in [2.05, 4.69) is 15.7 Å². The van der Waals surface area contributed by atoms with Gasteiger partial charge in [0, 0.05) is 12.4 Å². The fraction of sp³-hybridized carbons (Fsp3) is 0.286. The van der Waals surface area contributed by atoms with E-state index >= 15 is 0 Å². The van der Waals surface area contributed by atoms with Crippen LogP contribution in [0.1, 0.15) is 13.2 Å². The largest absolute Gasteiger partial charge is 0.399 e. The Morgan fingerprint density at radius 1 is 1.71 bits per heavy atom. The van der Waals surface area contributed by atoms with Gasteiger partial charge in [0.2, 0.25) is 0 Å². The summed E-state index contributed by atoms with van der Waals surface area (Å²) in [4.78, 5) is 3.72. The van der Waals surface area contributed by atoms with Crippen molar-refractivity contribution in [3.63, 3.8) is 0 Å². The van der Waals surface area contributed by atoms with Crippen LogP contribution in [0.25, 0.3) is 0 Å². The zero-order chi connectivity index (χ0) is 10.8. The molecular formula is C7H10N2O4S. The average molecular weight is 218 g/mol. The minimum atomic E-state index is -4.50. The number of aromatic nitrogens is 2. The van der Waals surface area contributed by atoms with Crippen LogP contribution in [-0.2, 0) is 14.6 Å². The predicted molar refractivity (Wildman–Crippen MR) is 48.7 cm³/mol. The van der Waals surface area contributed by atoms with Crippen LogP contribution in [0.4, 0.5) is 0 Å². The molecule has 1 rings (SSSR count). The van der Waals surface area contributed by atoms with E-state index in [1.54, 1.807) is 6.92 Å². The first-order valence-corrected chi connectivity index (χ1v) is 5.05. The zero-order valence-electron chi connectivity index (χ0n) is 7.49. The van der Waals surface area contributed by atoms with Gasteiger partial charge in [0.05, 0.1) is 6.33 Å². The molecule has 0 saturated carbocycles. The highest BCUT2D eigenvalue weighted by Crippen LogP contribution is 2.18. The van der Waals surface area contributed by atoms with E-state index in [9.17, 15) is 8.42 Å². The van der Waals surface area contributed by atoms with Gasteiger partial charge >= 0.3 is 10.4 Å². The first kappa shape index (κ1) is 10.9. The molecule has 1 heterocycles. The molecule has 1 aromatic heterocycles. The summed E-state index contributed by atoms with van der Waals surface area (Å²) in [6.07, 6.45) is 3.37. The van der Waals surface area contributed by atoms with Crippen LogP contribution in [0.15, 0.2) is 30.9 Å². The molecule has 1 unspecified atom stereocenters. The van der Waals surface area contributed by atoms with Crippen LogP contribution < -0.4 is 0 Å². The van der Waals surface area contributed by atoms with Gasteiger partial charge in [-0.25, -0.2) is 9.17 Å². The van der Waals surface area contributed by atoms with E-state index in [1.807, 2.05) is 0 Å². The fourth-order valence-electron chi connectivity index (χ4n) is 0.910. The fourth-order valence-corrected chi connectivity index (χ4v) is 1.40. The van der Waals surface area contributed by atoms with Gasteiger partial charge in [0.15, 0.2) is 6.23 Å². The van der Waals surface area contributed by atoms with Crippen molar-refractivity contribution in [3.8, 4) is 0 Å². The van der Waals surface area contributed by atoms with Gasteiger partial charge in [0.1, 0.15) is 0 Å². The van der Waals surface area contributed by atoms with Crippen molar-refractivity contribution in [3.05, 3.63) is 30.9 Å². The Labute approximate surface area is 81.8 Å². The molecule has 0 aliphatic carbocycles. The summed E-state index contributed by atoms with van der Waals surface area (Å²) in [6.45, 7) is 5.13. The summed E-state index contributed by atoms with van der Waals surface area (Å²) in [5, 5.41) is 0. The van der Waals surface area contributed by atoms with Crippen LogP contribution in [0.2, 0.25) is 0 Å². The molecule has 0 radical (unpaired) electrons. The highest BCUT2D eigenvalue weighted by molar-refractivity contribution is 7.80. The van der Waals surface area contributed by atoms with E-state index < -0.39 is 16.6 Å². The number of imidazole rings is 1. The Bertz CT molecular complexity index is 409. The first-order valence-electron chi connectivity index (χ1n) is 3.68. The molecule has 0 saturated heterocycles. The van der Waals surface area contributed by atoms with Crippen molar-refractivity contribution in [2.24, 2.45) is 0 Å². The molecule has 14 heavy (non-hydrogen) atoms. The van der Waals surface area contributed by atoms with Gasteiger partial charge in [0.25, 0.3) is 0 Å². The first-order chi connectivity index (χ1) is 6.40. The normalized spacial score (nSPS) is 13.9. The lowest BCUT2D eigenvalue weighted by atomic mass is 10.3. The van der Waals surface area contributed by atoms with E-state index in [0.29, 0.717) is 5.57 Å². The molecule has 0 bridgehead atoms. The topological polar surface area (TPSA) is 81.4 Å². The maximum absolute atomic E-state index is 10.5. The van der Waals surface area contributed by atoms with Crippen molar-refractivity contribution >= 4 is 10.4 Å². The van der Waals surface area contributed by atoms with Crippen LogP contribution in [0.5, 0.6) is 0 Å². The Kier molecular flexibility index (Phi) is 3.04. The summed E-state index contributed by atoms with van der Waals surface area (Å²) < 4.78 is 35.3. The molecule has 0 fully saturated rings. The maximum Gasteiger partial charge on any atom is 0.399 e. The molecule has 6 nitrogen and oxygen atoms in total. The molecule has 0 spiro atoms. The summed E-state index contributed by atoms with van der Waals surface area (Å²) >= 11 is 0. The second-order valence-electron chi connectivity index (χ2n) is 2.73. The summed E-state index contributed by atoms with van der Waals surface area (Å²) in [5.74, 6) is 0. The standard InChI is InChI=1S/C7H10N2O4S/c1-6(2)7(13-14(10,11)12)9-4-3-8-5-9/h3-5,7H,1H2,2H3,(H,10,11,12). The molecule has 1 aromatic rings. The molecule has 0 aliphatic rings. The van der Waals surface area contributed by atoms with E-state index in [1.165, 1.54) is 23.3 Å². The monoisotopic (exact) mass is 218 g/mol. The Hall–Kier alpha value is -1.18. The lowest BCUT2D eigenvalue weighted by molar-refractivity contribution is 0.153. The Morgan fingerprint density at radius 2 is 2.36 bits per heavy atom. The van der Waals surface area contributed by atoms with Gasteiger partial charge in [-0.15, -0.1) is 0 Å². The lowest BCUT2D eigenvalue weighted by Crippen LogP contribution is -2.16. The molecule has 7 heteroatoms. The van der Waals surface area contributed by atoms with Crippen LogP contribution in [-0.4, -0.2) is 22.5 Å². The van der Waals surface area contributed by atoms with Gasteiger partial charge in [-0.2, -0.15) is 8.42 Å². The highest BCUT2D eigenvalue weighted by atomic mass is 32.3. The van der Waals surface area contributed by atoms with Gasteiger partial charge in [-0.3, -0.25) is 4.55 Å².